The second kappa shape index (κ2) is 7.02. The van der Waals surface area contributed by atoms with Crippen LogP contribution in [0.2, 0.25) is 0 Å². The normalized spacial score (nSPS) is 11.8. The third-order valence-corrected chi connectivity index (χ3v) is 4.48. The van der Waals surface area contributed by atoms with Gasteiger partial charge in [-0.25, -0.2) is 4.98 Å². The first-order valence-electron chi connectivity index (χ1n) is 9.16. The van der Waals surface area contributed by atoms with E-state index in [9.17, 15) is 4.39 Å². The van der Waals surface area contributed by atoms with Crippen LogP contribution in [0.4, 0.5) is 4.39 Å². The fourth-order valence-corrected chi connectivity index (χ4v) is 3.18. The Kier molecular flexibility index (Phi) is 4.94. The molecule has 0 radical (unpaired) electrons. The molecule has 1 aromatic carbocycles. The third kappa shape index (κ3) is 3.16. The van der Waals surface area contributed by atoms with Crippen molar-refractivity contribution >= 4 is 27.6 Å². The number of imidazole rings is 1. The molecule has 0 bridgehead atoms. The van der Waals surface area contributed by atoms with Crippen LogP contribution in [0.3, 0.4) is 0 Å². The second-order valence-corrected chi connectivity index (χ2v) is 7.41. The van der Waals surface area contributed by atoms with Gasteiger partial charge in [-0.05, 0) is 43.2 Å². The predicted molar refractivity (Wildman–Crippen MR) is 108 cm³/mol. The average molecular weight is 351 g/mol. The molecule has 4 heteroatoms. The van der Waals surface area contributed by atoms with Crippen molar-refractivity contribution in [3.63, 3.8) is 0 Å². The lowest BCUT2D eigenvalue weighted by molar-refractivity contribution is 0.527. The number of para-hydroxylation sites is 2. The highest BCUT2D eigenvalue weighted by atomic mass is 19.1. The summed E-state index contributed by atoms with van der Waals surface area (Å²) in [5.41, 5.74) is 6.73. The van der Waals surface area contributed by atoms with Crippen molar-refractivity contribution in [3.05, 3.63) is 53.9 Å². The summed E-state index contributed by atoms with van der Waals surface area (Å²) in [5, 5.41) is 1.18. The van der Waals surface area contributed by atoms with Crippen molar-refractivity contribution in [3.8, 4) is 0 Å². The minimum atomic E-state index is -0.250. The van der Waals surface area contributed by atoms with Gasteiger partial charge in [-0.2, -0.15) is 0 Å². The van der Waals surface area contributed by atoms with Crippen molar-refractivity contribution in [1.82, 2.24) is 14.4 Å². The van der Waals surface area contributed by atoms with Gasteiger partial charge in [0.2, 0.25) is 0 Å². The first-order chi connectivity index (χ1) is 12.4. The average Bonchev–Trinajstić information content (AvgIpc) is 2.99. The first-order valence-corrected chi connectivity index (χ1v) is 9.16. The van der Waals surface area contributed by atoms with Gasteiger partial charge in [0.15, 0.2) is 0 Å². The molecule has 136 valence electrons. The van der Waals surface area contributed by atoms with E-state index in [0.29, 0.717) is 0 Å². The van der Waals surface area contributed by atoms with E-state index in [1.54, 1.807) is 0 Å². The van der Waals surface area contributed by atoms with Crippen LogP contribution in [0.25, 0.3) is 27.6 Å². The number of halogens is 1. The number of alkyl halides is 1. The quantitative estimate of drug-likeness (QED) is 0.429. The molecule has 0 N–H and O–H groups in total. The highest BCUT2D eigenvalue weighted by molar-refractivity contribution is 5.98. The van der Waals surface area contributed by atoms with Crippen LogP contribution in [0.5, 0.6) is 0 Å². The maximum absolute atomic E-state index is 10.3. The molecule has 4 aromatic rings. The molecule has 3 nitrogen and oxygen atoms in total. The molecule has 0 saturated heterocycles. The Morgan fingerprint density at radius 3 is 2.35 bits per heavy atom. The Morgan fingerprint density at radius 2 is 1.69 bits per heavy atom. The van der Waals surface area contributed by atoms with Gasteiger partial charge in [-0.1, -0.05) is 39.8 Å². The summed E-state index contributed by atoms with van der Waals surface area (Å²) in [6, 6.07) is 12.6. The Labute approximate surface area is 153 Å². The van der Waals surface area contributed by atoms with Gasteiger partial charge >= 0.3 is 0 Å². The molecule has 0 aliphatic carbocycles. The molecule has 0 unspecified atom stereocenters. The summed E-state index contributed by atoms with van der Waals surface area (Å²) < 4.78 is 12.5. The van der Waals surface area contributed by atoms with Gasteiger partial charge in [0, 0.05) is 22.7 Å². The van der Waals surface area contributed by atoms with E-state index < -0.39 is 0 Å². The predicted octanol–water partition coefficient (Wildman–Crippen LogP) is 5.87. The largest absolute Gasteiger partial charge is 0.299 e. The lowest BCUT2D eigenvalue weighted by atomic mass is 9.89. The van der Waals surface area contributed by atoms with Crippen LogP contribution in [-0.4, -0.2) is 21.0 Å². The molecule has 3 aromatic heterocycles. The lowest BCUT2D eigenvalue weighted by Gasteiger charge is -2.20. The SMILES string of the molecule is CCF.CCc1cc(C(C)(C)C)nc2ccn3c4ccccc4nc3c12. The molecule has 0 saturated carbocycles. The van der Waals surface area contributed by atoms with Gasteiger partial charge in [-0.15, -0.1) is 0 Å². The van der Waals surface area contributed by atoms with Gasteiger partial charge in [0.05, 0.1) is 23.2 Å². The van der Waals surface area contributed by atoms with Crippen LogP contribution in [-0.2, 0) is 11.8 Å². The molecular formula is C22H26FN3. The fraction of sp³-hybridized carbons (Fsp3) is 0.364. The lowest BCUT2D eigenvalue weighted by Crippen LogP contribution is -2.14. The number of aromatic nitrogens is 3. The van der Waals surface area contributed by atoms with E-state index in [1.807, 2.05) is 6.07 Å². The topological polar surface area (TPSA) is 30.2 Å². The van der Waals surface area contributed by atoms with Crippen LogP contribution in [0.1, 0.15) is 45.9 Å². The summed E-state index contributed by atoms with van der Waals surface area (Å²) in [5.74, 6) is 0. The van der Waals surface area contributed by atoms with Crippen LogP contribution in [0.15, 0.2) is 42.6 Å². The summed E-state index contributed by atoms with van der Waals surface area (Å²) in [6.45, 7) is 10.0. The van der Waals surface area contributed by atoms with E-state index in [2.05, 4.69) is 68.6 Å². The number of hydrogen-bond donors (Lipinski definition) is 0. The first kappa shape index (κ1) is 18.3. The molecule has 0 atom stereocenters. The summed E-state index contributed by atoms with van der Waals surface area (Å²) >= 11 is 0. The maximum atomic E-state index is 10.3. The monoisotopic (exact) mass is 351 g/mol. The fourth-order valence-electron chi connectivity index (χ4n) is 3.18. The third-order valence-electron chi connectivity index (χ3n) is 4.48. The van der Waals surface area contributed by atoms with Gasteiger partial charge in [-0.3, -0.25) is 13.8 Å². The van der Waals surface area contributed by atoms with Crippen molar-refractivity contribution < 1.29 is 4.39 Å². The number of hydrogen-bond acceptors (Lipinski definition) is 2. The molecule has 3 heterocycles. The van der Waals surface area contributed by atoms with Crippen LogP contribution >= 0.6 is 0 Å². The van der Waals surface area contributed by atoms with E-state index in [0.717, 1.165) is 34.3 Å². The Bertz CT molecular complexity index is 1060. The minimum absolute atomic E-state index is 0.0460. The van der Waals surface area contributed by atoms with Crippen molar-refractivity contribution in [1.29, 1.82) is 0 Å². The van der Waals surface area contributed by atoms with Gasteiger partial charge in [0.25, 0.3) is 0 Å². The number of rotatable bonds is 1. The van der Waals surface area contributed by atoms with E-state index in [-0.39, 0.29) is 12.1 Å². The van der Waals surface area contributed by atoms with Crippen molar-refractivity contribution in [2.24, 2.45) is 0 Å². The minimum Gasteiger partial charge on any atom is -0.299 e. The maximum Gasteiger partial charge on any atom is 0.147 e. The second-order valence-electron chi connectivity index (χ2n) is 7.41. The zero-order chi connectivity index (χ0) is 18.9. The summed E-state index contributed by atoms with van der Waals surface area (Å²) in [4.78, 5) is 9.79. The van der Waals surface area contributed by atoms with E-state index >= 15 is 0 Å². The summed E-state index contributed by atoms with van der Waals surface area (Å²) in [6.07, 6.45) is 3.07. The number of pyridine rings is 2. The van der Waals surface area contributed by atoms with E-state index in [4.69, 9.17) is 9.97 Å². The van der Waals surface area contributed by atoms with E-state index in [1.165, 1.54) is 17.9 Å². The molecule has 0 aliphatic rings. The van der Waals surface area contributed by atoms with Gasteiger partial charge < -0.3 is 0 Å². The van der Waals surface area contributed by atoms with Crippen molar-refractivity contribution in [2.45, 2.75) is 46.5 Å². The molecule has 4 rings (SSSR count). The number of nitrogens with zero attached hydrogens (tertiary/aromatic N) is 3. The molecular weight excluding hydrogens is 325 g/mol. The molecule has 0 aliphatic heterocycles. The number of fused-ring (bicyclic) bond motifs is 5. The summed E-state index contributed by atoms with van der Waals surface area (Å²) in [7, 11) is 0. The Balaban J connectivity index is 0.000000613. The Morgan fingerprint density at radius 1 is 1.00 bits per heavy atom. The highest BCUT2D eigenvalue weighted by Gasteiger charge is 2.19. The zero-order valence-electron chi connectivity index (χ0n) is 16.2. The molecule has 26 heavy (non-hydrogen) atoms. The van der Waals surface area contributed by atoms with Gasteiger partial charge in [0.1, 0.15) is 5.65 Å². The molecule has 0 spiro atoms. The Hall–Kier alpha value is -2.49. The zero-order valence-corrected chi connectivity index (χ0v) is 16.2. The standard InChI is InChI=1S/C20H21N3.C2H5F/c1-5-13-12-17(20(2,3)4)21-15-10-11-23-16-9-7-6-8-14(16)22-19(23)18(13)15;1-2-3/h6-12H,5H2,1-4H3;2H2,1H3. The van der Waals surface area contributed by atoms with Crippen LogP contribution in [0, 0.1) is 0 Å². The number of benzene rings is 1. The van der Waals surface area contributed by atoms with Crippen LogP contribution < -0.4 is 0 Å². The molecule has 0 fully saturated rings. The number of aryl methyl sites for hydroxylation is 1. The highest BCUT2D eigenvalue weighted by Crippen LogP contribution is 2.30. The molecule has 0 amide bonds. The van der Waals surface area contributed by atoms with Crippen molar-refractivity contribution in [2.75, 3.05) is 6.67 Å². The smallest absolute Gasteiger partial charge is 0.147 e.